The number of halogens is 3. The third kappa shape index (κ3) is 3.39. The van der Waals surface area contributed by atoms with Crippen molar-refractivity contribution in [3.8, 4) is 0 Å². The lowest BCUT2D eigenvalue weighted by atomic mass is 9.91. The van der Waals surface area contributed by atoms with E-state index in [4.69, 9.17) is 0 Å². The molecule has 0 amide bonds. The number of hydrogen-bond acceptors (Lipinski definition) is 4. The van der Waals surface area contributed by atoms with Gasteiger partial charge in [-0.05, 0) is 36.6 Å². The van der Waals surface area contributed by atoms with Crippen LogP contribution in [-0.4, -0.2) is 24.0 Å². The number of carbonyl (C=O) groups is 1. The largest absolute Gasteiger partial charge is 0.433 e. The lowest BCUT2D eigenvalue weighted by Gasteiger charge is -2.15. The summed E-state index contributed by atoms with van der Waals surface area (Å²) in [5.41, 5.74) is 0.0414. The maximum Gasteiger partial charge on any atom is 0.433 e. The maximum absolute atomic E-state index is 12.8. The zero-order valence-electron chi connectivity index (χ0n) is 13.1. The van der Waals surface area contributed by atoms with Gasteiger partial charge in [-0.3, -0.25) is 14.2 Å². The monoisotopic (exact) mass is 373 g/mol. The molecule has 1 aliphatic rings. The van der Waals surface area contributed by atoms with Crippen LogP contribution in [0.2, 0.25) is 0 Å². The zero-order chi connectivity index (χ0) is 18.4. The number of sulfonamides is 1. The molecule has 2 aromatic rings. The average molecular weight is 373 g/mol. The molecule has 0 unspecified atom stereocenters. The van der Waals surface area contributed by atoms with Gasteiger partial charge in [0.25, 0.3) is 10.0 Å². The lowest BCUT2D eigenvalue weighted by molar-refractivity contribution is -0.143. The van der Waals surface area contributed by atoms with Crippen molar-refractivity contribution in [1.29, 1.82) is 0 Å². The smallest absolute Gasteiger partial charge is 0.294 e. The predicted octanol–water partition coefficient (Wildman–Crippen LogP) is 2.76. The quantitative estimate of drug-likeness (QED) is 0.897. The molecule has 25 heavy (non-hydrogen) atoms. The fourth-order valence-electron chi connectivity index (χ4n) is 2.77. The van der Waals surface area contributed by atoms with Gasteiger partial charge in [-0.2, -0.15) is 18.3 Å². The van der Waals surface area contributed by atoms with Crippen molar-refractivity contribution in [2.24, 2.45) is 7.05 Å². The Morgan fingerprint density at radius 2 is 1.92 bits per heavy atom. The molecule has 0 spiro atoms. The summed E-state index contributed by atoms with van der Waals surface area (Å²) >= 11 is 0. The van der Waals surface area contributed by atoms with Crippen LogP contribution in [0.1, 0.15) is 34.5 Å². The number of nitrogens with one attached hydrogen (secondary N) is 1. The van der Waals surface area contributed by atoms with Crippen molar-refractivity contribution >= 4 is 21.6 Å². The summed E-state index contributed by atoms with van der Waals surface area (Å²) in [4.78, 5) is 11.7. The molecule has 1 heterocycles. The van der Waals surface area contributed by atoms with Crippen LogP contribution in [-0.2, 0) is 29.7 Å². The number of anilines is 1. The molecular weight excluding hydrogens is 359 g/mol. The minimum absolute atomic E-state index is 0.0438. The van der Waals surface area contributed by atoms with Crippen LogP contribution in [0.3, 0.4) is 0 Å². The first-order chi connectivity index (χ1) is 11.6. The van der Waals surface area contributed by atoms with Gasteiger partial charge in [-0.15, -0.1) is 0 Å². The number of ketones is 1. The number of carbonyl (C=O) groups excluding carboxylic acids is 1. The Morgan fingerprint density at radius 3 is 2.56 bits per heavy atom. The maximum atomic E-state index is 12.8. The highest BCUT2D eigenvalue weighted by atomic mass is 32.2. The molecule has 10 heteroatoms. The van der Waals surface area contributed by atoms with Gasteiger partial charge in [0.1, 0.15) is 5.69 Å². The summed E-state index contributed by atoms with van der Waals surface area (Å²) in [7, 11) is -3.04. The average Bonchev–Trinajstić information content (AvgIpc) is 2.87. The van der Waals surface area contributed by atoms with Gasteiger partial charge < -0.3 is 0 Å². The van der Waals surface area contributed by atoms with Gasteiger partial charge in [-0.1, -0.05) is 0 Å². The number of fused-ring (bicyclic) bond motifs is 1. The van der Waals surface area contributed by atoms with E-state index in [1.54, 1.807) is 0 Å². The van der Waals surface area contributed by atoms with Gasteiger partial charge in [0.2, 0.25) is 0 Å². The Labute approximate surface area is 141 Å². The molecular formula is C15H14F3N3O3S. The molecule has 1 aromatic carbocycles. The minimum atomic E-state index is -4.64. The highest BCUT2D eigenvalue weighted by Crippen LogP contribution is 2.31. The van der Waals surface area contributed by atoms with Gasteiger partial charge in [-0.25, -0.2) is 8.42 Å². The molecule has 1 N–H and O–H groups in total. The number of aryl methyl sites for hydroxylation is 2. The van der Waals surface area contributed by atoms with Crippen LogP contribution in [0, 0.1) is 0 Å². The first-order valence-corrected chi connectivity index (χ1v) is 8.86. The Balaban J connectivity index is 1.92. The molecule has 134 valence electrons. The number of benzene rings is 1. The first kappa shape index (κ1) is 17.5. The fourth-order valence-corrected chi connectivity index (χ4v) is 3.81. The van der Waals surface area contributed by atoms with Crippen molar-refractivity contribution in [3.63, 3.8) is 0 Å². The summed E-state index contributed by atoms with van der Waals surface area (Å²) in [6, 6.07) is 4.70. The summed E-state index contributed by atoms with van der Waals surface area (Å²) in [5, 5.41) is 3.54. The van der Waals surface area contributed by atoms with Crippen molar-refractivity contribution in [3.05, 3.63) is 41.1 Å². The lowest BCUT2D eigenvalue weighted by Crippen LogP contribution is -2.16. The van der Waals surface area contributed by atoms with Crippen molar-refractivity contribution in [2.75, 3.05) is 4.72 Å². The molecule has 0 bridgehead atoms. The van der Waals surface area contributed by atoms with E-state index in [-0.39, 0.29) is 10.7 Å². The van der Waals surface area contributed by atoms with Gasteiger partial charge >= 0.3 is 6.18 Å². The second-order valence-electron chi connectivity index (χ2n) is 5.74. The molecule has 6 nitrogen and oxygen atoms in total. The number of Topliss-reactive ketones (excluding diaryl/α,β-unsaturated/α-hetero) is 1. The molecule has 1 aliphatic carbocycles. The molecule has 0 atom stereocenters. The van der Waals surface area contributed by atoms with Gasteiger partial charge in [0.15, 0.2) is 11.6 Å². The molecule has 1 aromatic heterocycles. The van der Waals surface area contributed by atoms with Crippen LogP contribution < -0.4 is 4.72 Å². The van der Waals surface area contributed by atoms with Crippen molar-refractivity contribution in [2.45, 2.75) is 30.3 Å². The summed E-state index contributed by atoms with van der Waals surface area (Å²) in [6.45, 7) is 0. The highest BCUT2D eigenvalue weighted by Gasteiger charge is 2.35. The van der Waals surface area contributed by atoms with E-state index in [2.05, 4.69) is 5.10 Å². The number of hydrogen-bond donors (Lipinski definition) is 1. The van der Waals surface area contributed by atoms with E-state index in [1.165, 1.54) is 18.2 Å². The zero-order valence-corrected chi connectivity index (χ0v) is 13.9. The number of aromatic nitrogens is 2. The molecule has 0 saturated carbocycles. The van der Waals surface area contributed by atoms with Crippen LogP contribution in [0.15, 0.2) is 29.2 Å². The van der Waals surface area contributed by atoms with E-state index >= 15 is 0 Å². The predicted molar refractivity (Wildman–Crippen MR) is 82.7 cm³/mol. The Hall–Kier alpha value is -2.36. The fraction of sp³-hybridized carbons (Fsp3) is 0.333. The SMILES string of the molecule is Cn1nc(NS(=O)(=O)c2ccc3c(c2)CCCC3=O)cc1C(F)(F)F. The van der Waals surface area contributed by atoms with Gasteiger partial charge in [0, 0.05) is 25.1 Å². The van der Waals surface area contributed by atoms with Crippen LogP contribution in [0.5, 0.6) is 0 Å². The number of rotatable bonds is 3. The first-order valence-electron chi connectivity index (χ1n) is 7.38. The Bertz CT molecular complexity index is 949. The molecule has 0 aliphatic heterocycles. The molecule has 0 fully saturated rings. The van der Waals surface area contributed by atoms with Crippen LogP contribution in [0.25, 0.3) is 0 Å². The Kier molecular flexibility index (Phi) is 4.10. The molecule has 3 rings (SSSR count). The molecule has 0 radical (unpaired) electrons. The van der Waals surface area contributed by atoms with Crippen LogP contribution >= 0.6 is 0 Å². The third-order valence-electron chi connectivity index (χ3n) is 3.95. The van der Waals surface area contributed by atoms with E-state index in [0.29, 0.717) is 41.1 Å². The summed E-state index contributed by atoms with van der Waals surface area (Å²) in [5.74, 6) is -0.471. The second-order valence-corrected chi connectivity index (χ2v) is 7.42. The van der Waals surface area contributed by atoms with Crippen molar-refractivity contribution < 1.29 is 26.4 Å². The summed E-state index contributed by atoms with van der Waals surface area (Å²) in [6.07, 6.45) is -3.01. The molecule has 0 saturated heterocycles. The normalized spacial score (nSPS) is 15.1. The van der Waals surface area contributed by atoms with Crippen LogP contribution in [0.4, 0.5) is 19.0 Å². The van der Waals surface area contributed by atoms with E-state index in [9.17, 15) is 26.4 Å². The third-order valence-corrected chi connectivity index (χ3v) is 5.30. The number of alkyl halides is 3. The van der Waals surface area contributed by atoms with E-state index in [1.807, 2.05) is 4.72 Å². The highest BCUT2D eigenvalue weighted by molar-refractivity contribution is 7.92. The Morgan fingerprint density at radius 1 is 1.20 bits per heavy atom. The standard InChI is InChI=1S/C15H14F3N3O3S/c1-21-13(15(16,17)18)8-14(19-21)20-25(23,24)10-5-6-11-9(7-10)3-2-4-12(11)22/h5-8H,2-4H2,1H3,(H,19,20). The van der Waals surface area contributed by atoms with Gasteiger partial charge in [0.05, 0.1) is 4.90 Å². The summed E-state index contributed by atoms with van der Waals surface area (Å²) < 4.78 is 65.7. The van der Waals surface area contributed by atoms with E-state index in [0.717, 1.165) is 7.05 Å². The number of nitrogens with zero attached hydrogens (tertiary/aromatic N) is 2. The second kappa shape index (κ2) is 5.87. The topological polar surface area (TPSA) is 81.1 Å². The minimum Gasteiger partial charge on any atom is -0.294 e. The van der Waals surface area contributed by atoms with Crippen molar-refractivity contribution in [1.82, 2.24) is 9.78 Å². The van der Waals surface area contributed by atoms with E-state index < -0.39 is 27.7 Å².